The van der Waals surface area contributed by atoms with Crippen molar-refractivity contribution in [1.29, 1.82) is 0 Å². The monoisotopic (exact) mass is 222 g/mol. The molecule has 0 aliphatic heterocycles. The van der Waals surface area contributed by atoms with Gasteiger partial charge >= 0.3 is 0 Å². The van der Waals surface area contributed by atoms with Crippen LogP contribution in [0.1, 0.15) is 39.5 Å². The average molecular weight is 222 g/mol. The van der Waals surface area contributed by atoms with Crippen molar-refractivity contribution in [3.05, 3.63) is 12.3 Å². The Balaban J connectivity index is 1.92. The van der Waals surface area contributed by atoms with E-state index < -0.39 is 0 Å². The van der Waals surface area contributed by atoms with Gasteiger partial charge < -0.3 is 4.74 Å². The van der Waals surface area contributed by atoms with Gasteiger partial charge in [-0.25, -0.2) is 0 Å². The number of carbonyl (C=O) groups is 1. The maximum absolute atomic E-state index is 11.9. The van der Waals surface area contributed by atoms with Crippen LogP contribution in [0.4, 0.5) is 0 Å². The van der Waals surface area contributed by atoms with Crippen molar-refractivity contribution in [2.45, 2.75) is 39.5 Å². The Bertz CT molecular complexity index is 304. The predicted molar refractivity (Wildman–Crippen MR) is 63.9 cm³/mol. The maximum Gasteiger partial charge on any atom is 0.136 e. The molecule has 3 saturated carbocycles. The molecule has 2 nitrogen and oxygen atoms in total. The van der Waals surface area contributed by atoms with E-state index in [4.69, 9.17) is 4.74 Å². The van der Waals surface area contributed by atoms with Crippen LogP contribution in [0.15, 0.2) is 12.3 Å². The Morgan fingerprint density at radius 1 is 1.50 bits per heavy atom. The van der Waals surface area contributed by atoms with Crippen LogP contribution in [-0.4, -0.2) is 12.9 Å². The van der Waals surface area contributed by atoms with Crippen LogP contribution in [0.2, 0.25) is 0 Å². The molecule has 3 atom stereocenters. The Morgan fingerprint density at radius 3 is 2.88 bits per heavy atom. The molecule has 0 amide bonds. The van der Waals surface area contributed by atoms with E-state index in [1.807, 2.05) is 6.08 Å². The molecule has 3 rings (SSSR count). The van der Waals surface area contributed by atoms with Crippen molar-refractivity contribution >= 4 is 5.78 Å². The highest BCUT2D eigenvalue weighted by Crippen LogP contribution is 2.60. The molecule has 0 aromatic heterocycles. The van der Waals surface area contributed by atoms with Gasteiger partial charge in [-0.2, -0.15) is 0 Å². The predicted octanol–water partition coefficient (Wildman–Crippen LogP) is 3.18. The molecule has 2 bridgehead atoms. The Kier molecular flexibility index (Phi) is 3.09. The number of allylic oxidation sites excluding steroid dienone is 1. The van der Waals surface area contributed by atoms with E-state index in [9.17, 15) is 4.79 Å². The molecule has 0 radical (unpaired) electrons. The lowest BCUT2D eigenvalue weighted by Gasteiger charge is -2.59. The highest BCUT2D eigenvalue weighted by molar-refractivity contribution is 5.83. The molecule has 0 aromatic rings. The van der Waals surface area contributed by atoms with Crippen molar-refractivity contribution in [3.8, 4) is 0 Å². The summed E-state index contributed by atoms with van der Waals surface area (Å²) in [5.74, 6) is 2.11. The quantitative estimate of drug-likeness (QED) is 0.683. The molecule has 0 spiro atoms. The molecule has 90 valence electrons. The molecule has 0 heterocycles. The third-order valence-electron chi connectivity index (χ3n) is 4.77. The Hall–Kier alpha value is -0.790. The van der Waals surface area contributed by atoms with Gasteiger partial charge in [0, 0.05) is 12.3 Å². The number of rotatable bonds is 4. The van der Waals surface area contributed by atoms with E-state index >= 15 is 0 Å². The molecule has 3 fully saturated rings. The van der Waals surface area contributed by atoms with Crippen LogP contribution in [0, 0.1) is 23.2 Å². The zero-order valence-corrected chi connectivity index (χ0v) is 10.5. The van der Waals surface area contributed by atoms with Crippen molar-refractivity contribution in [2.24, 2.45) is 23.2 Å². The maximum atomic E-state index is 11.9. The van der Waals surface area contributed by atoms with E-state index in [1.165, 1.54) is 6.42 Å². The molecule has 3 aliphatic carbocycles. The SMILES string of the molecule is CO/C=C\CC[C@@H]1C(=O)C[C@H]2C[C@@H]1C2(C)C. The summed E-state index contributed by atoms with van der Waals surface area (Å²) in [5.41, 5.74) is 0.406. The number of Topliss-reactive ketones (excluding diaryl/α,β-unsaturated/α-hetero) is 1. The summed E-state index contributed by atoms with van der Waals surface area (Å²) in [6.45, 7) is 4.66. The first-order chi connectivity index (χ1) is 7.57. The van der Waals surface area contributed by atoms with E-state index in [0.29, 0.717) is 29.0 Å². The summed E-state index contributed by atoms with van der Waals surface area (Å²) in [4.78, 5) is 11.9. The number of fused-ring (bicyclic) bond motifs is 2. The number of ketones is 1. The van der Waals surface area contributed by atoms with Crippen molar-refractivity contribution < 1.29 is 9.53 Å². The second-order valence-electron chi connectivity index (χ2n) is 5.82. The van der Waals surface area contributed by atoms with Crippen LogP contribution in [0.25, 0.3) is 0 Å². The largest absolute Gasteiger partial charge is 0.505 e. The van der Waals surface area contributed by atoms with Crippen molar-refractivity contribution in [1.82, 2.24) is 0 Å². The summed E-state index contributed by atoms with van der Waals surface area (Å²) in [6.07, 6.45) is 7.79. The highest BCUT2D eigenvalue weighted by atomic mass is 16.5. The second kappa shape index (κ2) is 4.23. The standard InChI is InChI=1S/C14H22O2/c1-14(2)10-8-12(14)11(13(15)9-10)6-4-5-7-16-3/h5,7,10-12H,4,6,8-9H2,1-3H3/b7-5-/t10-,11+,12+/m1/s1. The van der Waals surface area contributed by atoms with Gasteiger partial charge in [0.25, 0.3) is 0 Å². The first kappa shape index (κ1) is 11.7. The normalized spacial score (nSPS) is 36.2. The van der Waals surface area contributed by atoms with Gasteiger partial charge in [-0.05, 0) is 42.6 Å². The van der Waals surface area contributed by atoms with Gasteiger partial charge in [0.2, 0.25) is 0 Å². The molecule has 0 saturated heterocycles. The van der Waals surface area contributed by atoms with Gasteiger partial charge in [0.1, 0.15) is 5.78 Å². The second-order valence-corrected chi connectivity index (χ2v) is 5.82. The third kappa shape index (κ3) is 1.79. The van der Waals surface area contributed by atoms with E-state index in [-0.39, 0.29) is 0 Å². The molecule has 0 aromatic carbocycles. The molecule has 16 heavy (non-hydrogen) atoms. The Labute approximate surface area is 98.1 Å². The van der Waals surface area contributed by atoms with Gasteiger partial charge in [0.05, 0.1) is 13.4 Å². The molecule has 0 unspecified atom stereocenters. The number of methoxy groups -OCH3 is 1. The number of ether oxygens (including phenoxy) is 1. The van der Waals surface area contributed by atoms with E-state index in [0.717, 1.165) is 19.3 Å². The summed E-state index contributed by atoms with van der Waals surface area (Å²) in [6, 6.07) is 0. The van der Waals surface area contributed by atoms with Crippen LogP contribution in [0.3, 0.4) is 0 Å². The smallest absolute Gasteiger partial charge is 0.136 e. The minimum Gasteiger partial charge on any atom is -0.505 e. The summed E-state index contributed by atoms with van der Waals surface area (Å²) in [7, 11) is 1.65. The van der Waals surface area contributed by atoms with Crippen molar-refractivity contribution in [3.63, 3.8) is 0 Å². The average Bonchev–Trinajstić information content (AvgIpc) is 2.25. The fourth-order valence-electron chi connectivity index (χ4n) is 3.51. The van der Waals surface area contributed by atoms with Crippen LogP contribution in [0.5, 0.6) is 0 Å². The minimum atomic E-state index is 0.307. The van der Waals surface area contributed by atoms with E-state index in [2.05, 4.69) is 13.8 Å². The first-order valence-electron chi connectivity index (χ1n) is 6.28. The lowest BCUT2D eigenvalue weighted by molar-refractivity contribution is -0.155. The van der Waals surface area contributed by atoms with Gasteiger partial charge in [-0.15, -0.1) is 0 Å². The van der Waals surface area contributed by atoms with Gasteiger partial charge in [0.15, 0.2) is 0 Å². The van der Waals surface area contributed by atoms with Crippen LogP contribution >= 0.6 is 0 Å². The molecular formula is C14H22O2. The topological polar surface area (TPSA) is 26.3 Å². The summed E-state index contributed by atoms with van der Waals surface area (Å²) in [5, 5.41) is 0. The number of carbonyl (C=O) groups excluding carboxylic acids is 1. The molecule has 2 heteroatoms. The van der Waals surface area contributed by atoms with Gasteiger partial charge in [-0.3, -0.25) is 4.79 Å². The number of hydrogen-bond donors (Lipinski definition) is 0. The molecular weight excluding hydrogens is 200 g/mol. The molecule has 0 N–H and O–H groups in total. The fraction of sp³-hybridized carbons (Fsp3) is 0.786. The first-order valence-corrected chi connectivity index (χ1v) is 6.28. The highest BCUT2D eigenvalue weighted by Gasteiger charge is 2.56. The number of hydrogen-bond acceptors (Lipinski definition) is 2. The fourth-order valence-corrected chi connectivity index (χ4v) is 3.51. The zero-order chi connectivity index (χ0) is 11.8. The Morgan fingerprint density at radius 2 is 2.25 bits per heavy atom. The summed E-state index contributed by atoms with van der Waals surface area (Å²) >= 11 is 0. The third-order valence-corrected chi connectivity index (χ3v) is 4.77. The summed E-state index contributed by atoms with van der Waals surface area (Å²) < 4.78 is 4.87. The van der Waals surface area contributed by atoms with Gasteiger partial charge in [-0.1, -0.05) is 13.8 Å². The minimum absolute atomic E-state index is 0.307. The molecule has 3 aliphatic rings. The van der Waals surface area contributed by atoms with Crippen LogP contribution in [-0.2, 0) is 9.53 Å². The zero-order valence-electron chi connectivity index (χ0n) is 10.5. The van der Waals surface area contributed by atoms with Crippen molar-refractivity contribution in [2.75, 3.05) is 7.11 Å². The van der Waals surface area contributed by atoms with E-state index in [1.54, 1.807) is 13.4 Å². The van der Waals surface area contributed by atoms with Crippen LogP contribution < -0.4 is 0 Å². The lowest BCUT2D eigenvalue weighted by atomic mass is 9.45. The lowest BCUT2D eigenvalue weighted by Crippen LogP contribution is -2.55.